The highest BCUT2D eigenvalue weighted by atomic mass is 16.6. The van der Waals surface area contributed by atoms with Crippen LogP contribution >= 0.6 is 0 Å². The molecule has 6 heteroatoms. The van der Waals surface area contributed by atoms with Crippen LogP contribution in [0.15, 0.2) is 42.6 Å². The van der Waals surface area contributed by atoms with E-state index in [1.165, 1.54) is 12.1 Å². The van der Waals surface area contributed by atoms with E-state index in [-0.39, 0.29) is 11.6 Å². The van der Waals surface area contributed by atoms with E-state index in [1.54, 1.807) is 12.1 Å². The molecule has 98 valence electrons. The Morgan fingerprint density at radius 1 is 1.21 bits per heavy atom. The van der Waals surface area contributed by atoms with E-state index in [1.807, 2.05) is 19.1 Å². The maximum Gasteiger partial charge on any atom is 0.287 e. The Balaban J connectivity index is 2.19. The maximum atomic E-state index is 10.5. The van der Waals surface area contributed by atoms with Gasteiger partial charge in [0.15, 0.2) is 11.5 Å². The number of hydrogen-bond acceptors (Lipinski definition) is 5. The van der Waals surface area contributed by atoms with Gasteiger partial charge in [-0.2, -0.15) is 0 Å². The van der Waals surface area contributed by atoms with Gasteiger partial charge < -0.3 is 9.47 Å². The van der Waals surface area contributed by atoms with Crippen molar-refractivity contribution in [1.29, 1.82) is 0 Å². The predicted octanol–water partition coefficient (Wildman–Crippen LogP) is 3.18. The molecule has 0 amide bonds. The average molecular weight is 260 g/mol. The summed E-state index contributed by atoms with van der Waals surface area (Å²) >= 11 is 0. The van der Waals surface area contributed by atoms with Gasteiger partial charge in [0.05, 0.1) is 11.5 Å². The number of rotatable bonds is 5. The summed E-state index contributed by atoms with van der Waals surface area (Å²) in [5, 5.41) is 10.5. The fourth-order valence-electron chi connectivity index (χ4n) is 1.46. The first-order valence-electron chi connectivity index (χ1n) is 5.71. The highest BCUT2D eigenvalue weighted by Crippen LogP contribution is 2.30. The third-order valence-corrected chi connectivity index (χ3v) is 2.30. The topological polar surface area (TPSA) is 74.5 Å². The van der Waals surface area contributed by atoms with E-state index in [0.29, 0.717) is 18.1 Å². The maximum absolute atomic E-state index is 10.5. The van der Waals surface area contributed by atoms with Crippen LogP contribution in [0.5, 0.6) is 17.4 Å². The minimum absolute atomic E-state index is 0.0783. The molecule has 0 unspecified atom stereocenters. The summed E-state index contributed by atoms with van der Waals surface area (Å²) in [6.45, 7) is 2.40. The molecule has 0 fully saturated rings. The summed E-state index contributed by atoms with van der Waals surface area (Å²) in [5.41, 5.74) is -0.0783. The van der Waals surface area contributed by atoms with E-state index >= 15 is 0 Å². The van der Waals surface area contributed by atoms with Crippen LogP contribution in [-0.4, -0.2) is 16.5 Å². The summed E-state index contributed by atoms with van der Waals surface area (Å²) in [6.07, 6.45) is 1.15. The first-order valence-corrected chi connectivity index (χ1v) is 5.71. The number of aromatic nitrogens is 1. The van der Waals surface area contributed by atoms with E-state index in [4.69, 9.17) is 9.47 Å². The minimum atomic E-state index is -0.509. The van der Waals surface area contributed by atoms with Crippen molar-refractivity contribution in [1.82, 2.24) is 4.98 Å². The van der Waals surface area contributed by atoms with Crippen molar-refractivity contribution < 1.29 is 14.4 Å². The van der Waals surface area contributed by atoms with E-state index in [9.17, 15) is 10.1 Å². The highest BCUT2D eigenvalue weighted by Gasteiger charge is 2.09. The van der Waals surface area contributed by atoms with Crippen molar-refractivity contribution in [2.24, 2.45) is 0 Å². The van der Waals surface area contributed by atoms with Crippen LogP contribution in [0.1, 0.15) is 6.92 Å². The van der Waals surface area contributed by atoms with Crippen LogP contribution < -0.4 is 9.47 Å². The zero-order valence-electron chi connectivity index (χ0n) is 10.3. The number of hydrogen-bond donors (Lipinski definition) is 0. The molecule has 0 saturated heterocycles. The molecule has 1 aromatic carbocycles. The average Bonchev–Trinajstić information content (AvgIpc) is 2.42. The van der Waals surface area contributed by atoms with Crippen LogP contribution in [0.3, 0.4) is 0 Å². The monoisotopic (exact) mass is 260 g/mol. The number of pyridine rings is 1. The van der Waals surface area contributed by atoms with Gasteiger partial charge in [0.2, 0.25) is 5.88 Å². The molecule has 0 aliphatic carbocycles. The zero-order chi connectivity index (χ0) is 13.7. The minimum Gasteiger partial charge on any atom is -0.490 e. The Morgan fingerprint density at radius 2 is 1.95 bits per heavy atom. The third kappa shape index (κ3) is 3.19. The van der Waals surface area contributed by atoms with Gasteiger partial charge in [-0.1, -0.05) is 12.1 Å². The van der Waals surface area contributed by atoms with E-state index < -0.39 is 4.92 Å². The Morgan fingerprint density at radius 3 is 2.53 bits per heavy atom. The number of para-hydroxylation sites is 2. The van der Waals surface area contributed by atoms with Gasteiger partial charge in [0, 0.05) is 12.1 Å². The Kier molecular flexibility index (Phi) is 3.92. The predicted molar refractivity (Wildman–Crippen MR) is 68.6 cm³/mol. The van der Waals surface area contributed by atoms with Crippen molar-refractivity contribution in [3.63, 3.8) is 0 Å². The molecule has 0 bridgehead atoms. The van der Waals surface area contributed by atoms with E-state index in [0.717, 1.165) is 6.20 Å². The van der Waals surface area contributed by atoms with Crippen molar-refractivity contribution in [2.45, 2.75) is 6.92 Å². The van der Waals surface area contributed by atoms with Gasteiger partial charge in [-0.25, -0.2) is 4.98 Å². The first-order chi connectivity index (χ1) is 9.20. The second kappa shape index (κ2) is 5.81. The van der Waals surface area contributed by atoms with Crippen molar-refractivity contribution in [3.05, 3.63) is 52.7 Å². The Hall–Kier alpha value is -2.63. The number of nitro groups is 1. The van der Waals surface area contributed by atoms with Crippen LogP contribution in [0.25, 0.3) is 0 Å². The molecule has 1 aromatic heterocycles. The van der Waals surface area contributed by atoms with Crippen molar-refractivity contribution in [3.8, 4) is 17.4 Å². The summed E-state index contributed by atoms with van der Waals surface area (Å²) in [4.78, 5) is 13.9. The Bertz CT molecular complexity index is 569. The largest absolute Gasteiger partial charge is 0.490 e. The number of ether oxygens (including phenoxy) is 2. The quantitative estimate of drug-likeness (QED) is 0.609. The molecular weight excluding hydrogens is 248 g/mol. The Labute approximate surface area is 109 Å². The van der Waals surface area contributed by atoms with Crippen LogP contribution in [0.2, 0.25) is 0 Å². The summed E-state index contributed by atoms with van der Waals surface area (Å²) in [5.74, 6) is 1.40. The SMILES string of the molecule is CCOc1ccccc1Oc1ccc([N+](=O)[O-])cn1. The second-order valence-corrected chi connectivity index (χ2v) is 3.59. The van der Waals surface area contributed by atoms with Gasteiger partial charge in [-0.15, -0.1) is 0 Å². The van der Waals surface area contributed by atoms with Crippen molar-refractivity contribution in [2.75, 3.05) is 6.61 Å². The summed E-state index contributed by atoms with van der Waals surface area (Å²) < 4.78 is 10.9. The molecule has 1 heterocycles. The van der Waals surface area contributed by atoms with E-state index in [2.05, 4.69) is 4.98 Å². The molecule has 19 heavy (non-hydrogen) atoms. The summed E-state index contributed by atoms with van der Waals surface area (Å²) in [6, 6.07) is 9.95. The smallest absolute Gasteiger partial charge is 0.287 e. The first kappa shape index (κ1) is 12.8. The standard InChI is InChI=1S/C13H12N2O4/c1-2-18-11-5-3-4-6-12(11)19-13-8-7-10(9-14-13)15(16)17/h3-9H,2H2,1H3. The second-order valence-electron chi connectivity index (χ2n) is 3.59. The molecule has 0 spiro atoms. The molecule has 0 aliphatic heterocycles. The normalized spacial score (nSPS) is 9.95. The lowest BCUT2D eigenvalue weighted by Gasteiger charge is -2.10. The van der Waals surface area contributed by atoms with Gasteiger partial charge in [-0.3, -0.25) is 10.1 Å². The number of nitrogens with zero attached hydrogens (tertiary/aromatic N) is 2. The number of benzene rings is 1. The van der Waals surface area contributed by atoms with Crippen LogP contribution in [0.4, 0.5) is 5.69 Å². The van der Waals surface area contributed by atoms with Gasteiger partial charge in [0.1, 0.15) is 6.20 Å². The fraction of sp³-hybridized carbons (Fsp3) is 0.154. The lowest BCUT2D eigenvalue weighted by atomic mass is 10.3. The molecule has 6 nitrogen and oxygen atoms in total. The van der Waals surface area contributed by atoms with Crippen molar-refractivity contribution >= 4 is 5.69 Å². The van der Waals surface area contributed by atoms with Gasteiger partial charge in [-0.05, 0) is 19.1 Å². The highest BCUT2D eigenvalue weighted by molar-refractivity contribution is 5.42. The third-order valence-electron chi connectivity index (χ3n) is 2.30. The van der Waals surface area contributed by atoms with Crippen LogP contribution in [-0.2, 0) is 0 Å². The van der Waals surface area contributed by atoms with Gasteiger partial charge in [0.25, 0.3) is 5.69 Å². The lowest BCUT2D eigenvalue weighted by molar-refractivity contribution is -0.385. The molecule has 2 rings (SSSR count). The molecule has 0 aliphatic rings. The molecule has 2 aromatic rings. The molecule has 0 radical (unpaired) electrons. The van der Waals surface area contributed by atoms with Crippen LogP contribution in [0, 0.1) is 10.1 Å². The molecular formula is C13H12N2O4. The lowest BCUT2D eigenvalue weighted by Crippen LogP contribution is -1.96. The summed E-state index contributed by atoms with van der Waals surface area (Å²) in [7, 11) is 0. The molecule has 0 atom stereocenters. The molecule has 0 N–H and O–H groups in total. The molecule has 0 saturated carbocycles. The fourth-order valence-corrected chi connectivity index (χ4v) is 1.46. The van der Waals surface area contributed by atoms with Gasteiger partial charge >= 0.3 is 0 Å². The zero-order valence-corrected chi connectivity index (χ0v) is 10.3.